The number of ether oxygens (including phenoxy) is 1. The number of rotatable bonds is 6. The summed E-state index contributed by atoms with van der Waals surface area (Å²) in [6.07, 6.45) is 0. The van der Waals surface area contributed by atoms with Crippen LogP contribution in [-0.4, -0.2) is 31.4 Å². The zero-order valence-electron chi connectivity index (χ0n) is 10.0. The molecule has 0 N–H and O–H groups in total. The Bertz CT molecular complexity index is 230. The standard InChI is InChI=1S/C11H20NO3/c1-9(2)7-15-12(6)8-14-10(13)11(3,4)5/h1,3,7-8H2,2,4-6H3. The number of hydroxylamine groups is 2. The Hall–Kier alpha value is -0.870. The van der Waals surface area contributed by atoms with Crippen LogP contribution >= 0.6 is 0 Å². The van der Waals surface area contributed by atoms with E-state index in [1.807, 2.05) is 6.92 Å². The minimum absolute atomic E-state index is 0.0884. The lowest BCUT2D eigenvalue weighted by Gasteiger charge is -2.20. The molecule has 0 aliphatic heterocycles. The molecule has 1 radical (unpaired) electrons. The molecular weight excluding hydrogens is 194 g/mol. The third-order valence-corrected chi connectivity index (χ3v) is 1.46. The molecule has 15 heavy (non-hydrogen) atoms. The van der Waals surface area contributed by atoms with Crippen molar-refractivity contribution in [3.63, 3.8) is 0 Å². The van der Waals surface area contributed by atoms with Gasteiger partial charge in [-0.25, -0.2) is 0 Å². The molecule has 4 heteroatoms. The number of hydrogen-bond acceptors (Lipinski definition) is 4. The van der Waals surface area contributed by atoms with Crippen molar-refractivity contribution in [2.24, 2.45) is 5.41 Å². The fraction of sp³-hybridized carbons (Fsp3) is 0.636. The highest BCUT2D eigenvalue weighted by atomic mass is 16.7. The van der Waals surface area contributed by atoms with E-state index in [1.54, 1.807) is 20.9 Å². The Morgan fingerprint density at radius 3 is 2.40 bits per heavy atom. The molecule has 0 bridgehead atoms. The number of esters is 1. The van der Waals surface area contributed by atoms with Crippen molar-refractivity contribution in [3.8, 4) is 0 Å². The molecular formula is C11H20NO3. The van der Waals surface area contributed by atoms with Gasteiger partial charge >= 0.3 is 5.97 Å². The third-order valence-electron chi connectivity index (χ3n) is 1.46. The smallest absolute Gasteiger partial charge is 0.312 e. The summed E-state index contributed by atoms with van der Waals surface area (Å²) in [5.41, 5.74) is 0.181. The first-order valence-corrected chi connectivity index (χ1v) is 4.74. The molecule has 0 atom stereocenters. The van der Waals surface area contributed by atoms with Crippen molar-refractivity contribution in [3.05, 3.63) is 19.1 Å². The van der Waals surface area contributed by atoms with Crippen LogP contribution in [0.2, 0.25) is 0 Å². The summed E-state index contributed by atoms with van der Waals surface area (Å²) in [5, 5.41) is 1.44. The summed E-state index contributed by atoms with van der Waals surface area (Å²) in [4.78, 5) is 16.5. The van der Waals surface area contributed by atoms with E-state index in [4.69, 9.17) is 9.57 Å². The molecule has 0 aliphatic rings. The summed E-state index contributed by atoms with van der Waals surface area (Å²) in [7, 11) is 1.69. The summed E-state index contributed by atoms with van der Waals surface area (Å²) in [5.74, 6) is -0.353. The molecule has 0 aromatic carbocycles. The molecule has 0 aromatic heterocycles. The van der Waals surface area contributed by atoms with Crippen molar-refractivity contribution in [1.29, 1.82) is 0 Å². The minimum atomic E-state index is -0.727. The van der Waals surface area contributed by atoms with Crippen LogP contribution in [0.1, 0.15) is 20.8 Å². The fourth-order valence-electron chi connectivity index (χ4n) is 0.603. The van der Waals surface area contributed by atoms with Crippen LogP contribution < -0.4 is 0 Å². The van der Waals surface area contributed by atoms with Crippen molar-refractivity contribution in [1.82, 2.24) is 5.06 Å². The second-order valence-electron chi connectivity index (χ2n) is 4.30. The van der Waals surface area contributed by atoms with Crippen LogP contribution in [0.5, 0.6) is 0 Å². The molecule has 0 saturated carbocycles. The number of hydrogen-bond donors (Lipinski definition) is 0. The highest BCUT2D eigenvalue weighted by Gasteiger charge is 2.23. The molecule has 0 heterocycles. The molecule has 0 fully saturated rings. The molecule has 0 rings (SSSR count). The molecule has 0 amide bonds. The molecule has 0 unspecified atom stereocenters. The summed E-state index contributed by atoms with van der Waals surface area (Å²) < 4.78 is 4.97. The normalized spacial score (nSPS) is 11.6. The van der Waals surface area contributed by atoms with E-state index in [-0.39, 0.29) is 12.7 Å². The first-order chi connectivity index (χ1) is 6.73. The van der Waals surface area contributed by atoms with Crippen LogP contribution in [0.3, 0.4) is 0 Å². The highest BCUT2D eigenvalue weighted by Crippen LogP contribution is 2.14. The summed E-state index contributed by atoms with van der Waals surface area (Å²) in [6, 6.07) is 0. The van der Waals surface area contributed by atoms with Gasteiger partial charge in [0.05, 0.1) is 12.0 Å². The molecule has 4 nitrogen and oxygen atoms in total. The van der Waals surface area contributed by atoms with E-state index in [0.29, 0.717) is 6.61 Å². The van der Waals surface area contributed by atoms with Gasteiger partial charge in [-0.05, 0) is 27.7 Å². The van der Waals surface area contributed by atoms with Gasteiger partial charge in [0.15, 0.2) is 6.73 Å². The quantitative estimate of drug-likeness (QED) is 0.292. The molecule has 0 spiro atoms. The molecule has 0 aromatic rings. The van der Waals surface area contributed by atoms with Crippen LogP contribution in [-0.2, 0) is 14.4 Å². The van der Waals surface area contributed by atoms with Gasteiger partial charge in [0.25, 0.3) is 0 Å². The average molecular weight is 214 g/mol. The maximum Gasteiger partial charge on any atom is 0.312 e. The Labute approximate surface area is 91.8 Å². The first-order valence-electron chi connectivity index (χ1n) is 4.74. The lowest BCUT2D eigenvalue weighted by Crippen LogP contribution is -2.30. The largest absolute Gasteiger partial charge is 0.447 e. The Balaban J connectivity index is 3.76. The van der Waals surface area contributed by atoms with E-state index in [0.717, 1.165) is 5.57 Å². The second kappa shape index (κ2) is 5.88. The lowest BCUT2D eigenvalue weighted by atomic mass is 9.98. The Morgan fingerprint density at radius 2 is 2.00 bits per heavy atom. The van der Waals surface area contributed by atoms with E-state index in [2.05, 4.69) is 13.5 Å². The topological polar surface area (TPSA) is 38.8 Å². The first kappa shape index (κ1) is 14.1. The Morgan fingerprint density at radius 1 is 1.47 bits per heavy atom. The zero-order valence-corrected chi connectivity index (χ0v) is 10.0. The van der Waals surface area contributed by atoms with Crippen molar-refractivity contribution in [2.45, 2.75) is 20.8 Å². The van der Waals surface area contributed by atoms with Gasteiger partial charge < -0.3 is 4.74 Å². The van der Waals surface area contributed by atoms with Crippen LogP contribution in [0.4, 0.5) is 0 Å². The third kappa shape index (κ3) is 7.11. The van der Waals surface area contributed by atoms with E-state index < -0.39 is 5.41 Å². The Kier molecular flexibility index (Phi) is 5.54. The van der Waals surface area contributed by atoms with E-state index in [1.165, 1.54) is 5.06 Å². The monoisotopic (exact) mass is 214 g/mol. The predicted octanol–water partition coefficient (Wildman–Crippen LogP) is 1.79. The minimum Gasteiger partial charge on any atom is -0.447 e. The van der Waals surface area contributed by atoms with Crippen molar-refractivity contribution >= 4 is 5.97 Å². The van der Waals surface area contributed by atoms with Gasteiger partial charge in [0.2, 0.25) is 0 Å². The van der Waals surface area contributed by atoms with Gasteiger partial charge in [-0.1, -0.05) is 12.2 Å². The molecule has 87 valence electrons. The second-order valence-corrected chi connectivity index (χ2v) is 4.30. The van der Waals surface area contributed by atoms with Crippen LogP contribution in [0, 0.1) is 12.3 Å². The summed E-state index contributed by atoms with van der Waals surface area (Å²) in [6.45, 7) is 13.1. The van der Waals surface area contributed by atoms with Gasteiger partial charge in [0.1, 0.15) is 0 Å². The number of carbonyl (C=O) groups is 1. The number of carbonyl (C=O) groups excluding carboxylic acids is 1. The maximum atomic E-state index is 11.3. The zero-order chi connectivity index (χ0) is 12.1. The fourth-order valence-corrected chi connectivity index (χ4v) is 0.603. The van der Waals surface area contributed by atoms with Crippen LogP contribution in [0.25, 0.3) is 0 Å². The van der Waals surface area contributed by atoms with Gasteiger partial charge in [-0.3, -0.25) is 9.63 Å². The molecule has 0 saturated heterocycles. The van der Waals surface area contributed by atoms with Gasteiger partial charge in [-0.15, -0.1) is 0 Å². The van der Waals surface area contributed by atoms with E-state index in [9.17, 15) is 4.79 Å². The van der Waals surface area contributed by atoms with Crippen molar-refractivity contribution < 1.29 is 14.4 Å². The van der Waals surface area contributed by atoms with Gasteiger partial charge in [-0.2, -0.15) is 5.06 Å². The lowest BCUT2D eigenvalue weighted by molar-refractivity contribution is -0.197. The van der Waals surface area contributed by atoms with Gasteiger partial charge in [0, 0.05) is 7.05 Å². The highest BCUT2D eigenvalue weighted by molar-refractivity contribution is 5.76. The number of nitrogens with zero attached hydrogens (tertiary/aromatic N) is 1. The molecule has 0 aliphatic carbocycles. The SMILES string of the molecule is [CH2]C(C)(C)C(=O)OCN(C)OCC(=C)C. The average Bonchev–Trinajstić information content (AvgIpc) is 2.09. The van der Waals surface area contributed by atoms with Crippen LogP contribution in [0.15, 0.2) is 12.2 Å². The maximum absolute atomic E-state index is 11.3. The predicted molar refractivity (Wildman–Crippen MR) is 58.6 cm³/mol. The van der Waals surface area contributed by atoms with E-state index >= 15 is 0 Å². The summed E-state index contributed by atoms with van der Waals surface area (Å²) >= 11 is 0. The van der Waals surface area contributed by atoms with Crippen molar-refractivity contribution in [2.75, 3.05) is 20.4 Å².